The molecule has 1 unspecified atom stereocenters. The van der Waals surface area contributed by atoms with Crippen LogP contribution >= 0.6 is 0 Å². The normalized spacial score (nSPS) is 17.0. The summed E-state index contributed by atoms with van der Waals surface area (Å²) in [5.41, 5.74) is 0. The number of hydrogen-bond donors (Lipinski definition) is 2. The highest BCUT2D eigenvalue weighted by molar-refractivity contribution is 6.04. The van der Waals surface area contributed by atoms with E-state index >= 15 is 0 Å². The van der Waals surface area contributed by atoms with Gasteiger partial charge >= 0.3 is 6.03 Å². The molecule has 25 heavy (non-hydrogen) atoms. The van der Waals surface area contributed by atoms with Gasteiger partial charge in [0, 0.05) is 19.4 Å². The number of furan rings is 2. The van der Waals surface area contributed by atoms with Crippen molar-refractivity contribution < 1.29 is 23.2 Å². The van der Waals surface area contributed by atoms with Gasteiger partial charge in [0.05, 0.1) is 19.1 Å². The molecule has 1 aliphatic heterocycles. The summed E-state index contributed by atoms with van der Waals surface area (Å²) in [4.78, 5) is 37.1. The molecule has 1 fully saturated rings. The number of carbonyl (C=O) groups excluding carboxylic acids is 3. The van der Waals surface area contributed by atoms with Gasteiger partial charge in [-0.2, -0.15) is 0 Å². The molecule has 8 heteroatoms. The van der Waals surface area contributed by atoms with Crippen LogP contribution in [0.3, 0.4) is 0 Å². The van der Waals surface area contributed by atoms with Gasteiger partial charge < -0.3 is 19.5 Å². The molecule has 1 atom stereocenters. The number of imide groups is 1. The molecular formula is C17H19N3O5. The largest absolute Gasteiger partial charge is 0.469 e. The molecule has 132 valence electrons. The molecule has 0 aliphatic carbocycles. The Morgan fingerprint density at radius 3 is 2.56 bits per heavy atom. The van der Waals surface area contributed by atoms with Gasteiger partial charge in [-0.05, 0) is 30.7 Å². The molecule has 2 N–H and O–H groups in total. The Morgan fingerprint density at radius 1 is 1.16 bits per heavy atom. The third-order valence-electron chi connectivity index (χ3n) is 3.93. The van der Waals surface area contributed by atoms with E-state index in [4.69, 9.17) is 8.83 Å². The molecule has 3 rings (SSSR count). The monoisotopic (exact) mass is 345 g/mol. The fraction of sp³-hybridized carbons (Fsp3) is 0.353. The molecule has 0 saturated carbocycles. The quantitative estimate of drug-likeness (QED) is 0.704. The molecule has 0 aromatic carbocycles. The highest BCUT2D eigenvalue weighted by atomic mass is 16.3. The van der Waals surface area contributed by atoms with Gasteiger partial charge in [-0.3, -0.25) is 14.5 Å². The van der Waals surface area contributed by atoms with Crippen LogP contribution in [0, 0.1) is 0 Å². The van der Waals surface area contributed by atoms with Gasteiger partial charge in [-0.25, -0.2) is 4.79 Å². The van der Waals surface area contributed by atoms with Gasteiger partial charge in [0.15, 0.2) is 0 Å². The zero-order valence-electron chi connectivity index (χ0n) is 13.6. The number of rotatable bonds is 8. The number of carbonyl (C=O) groups is 3. The summed E-state index contributed by atoms with van der Waals surface area (Å²) in [7, 11) is 0. The lowest BCUT2D eigenvalue weighted by molar-refractivity contribution is -0.128. The first-order valence-electron chi connectivity index (χ1n) is 8.07. The van der Waals surface area contributed by atoms with Gasteiger partial charge in [0.25, 0.3) is 5.91 Å². The van der Waals surface area contributed by atoms with E-state index in [-0.39, 0.29) is 31.2 Å². The Labute approximate surface area is 144 Å². The Balaban J connectivity index is 1.41. The van der Waals surface area contributed by atoms with E-state index in [1.165, 1.54) is 6.26 Å². The summed E-state index contributed by atoms with van der Waals surface area (Å²) in [6.07, 6.45) is 4.09. The van der Waals surface area contributed by atoms with Crippen molar-refractivity contribution in [3.8, 4) is 0 Å². The summed E-state index contributed by atoms with van der Waals surface area (Å²) < 4.78 is 10.3. The number of amides is 4. The number of hydrogen-bond acceptors (Lipinski definition) is 5. The van der Waals surface area contributed by atoms with Crippen molar-refractivity contribution in [3.05, 3.63) is 48.3 Å². The van der Waals surface area contributed by atoms with E-state index < -0.39 is 12.1 Å². The molecule has 1 aliphatic rings. The maximum atomic E-state index is 12.3. The summed E-state index contributed by atoms with van der Waals surface area (Å²) in [5, 5.41) is 5.37. The maximum Gasteiger partial charge on any atom is 0.325 e. The minimum absolute atomic E-state index is 0.0868. The summed E-state index contributed by atoms with van der Waals surface area (Å²) in [6, 6.07) is 5.87. The smallest absolute Gasteiger partial charge is 0.325 e. The molecule has 0 radical (unpaired) electrons. The minimum atomic E-state index is -0.682. The van der Waals surface area contributed by atoms with Gasteiger partial charge in [0.2, 0.25) is 5.91 Å². The molecule has 3 heterocycles. The second-order valence-electron chi connectivity index (χ2n) is 5.72. The third-order valence-corrected chi connectivity index (χ3v) is 3.93. The van der Waals surface area contributed by atoms with Crippen molar-refractivity contribution in [1.29, 1.82) is 0 Å². The van der Waals surface area contributed by atoms with Gasteiger partial charge in [-0.15, -0.1) is 0 Å². The lowest BCUT2D eigenvalue weighted by Crippen LogP contribution is -2.33. The zero-order valence-corrected chi connectivity index (χ0v) is 13.6. The van der Waals surface area contributed by atoms with Crippen molar-refractivity contribution in [3.63, 3.8) is 0 Å². The first kappa shape index (κ1) is 16.8. The second-order valence-corrected chi connectivity index (χ2v) is 5.72. The van der Waals surface area contributed by atoms with E-state index in [1.807, 2.05) is 6.07 Å². The van der Waals surface area contributed by atoms with Crippen LogP contribution < -0.4 is 10.6 Å². The van der Waals surface area contributed by atoms with Crippen LogP contribution in [-0.4, -0.2) is 35.3 Å². The molecule has 0 spiro atoms. The van der Waals surface area contributed by atoms with Crippen molar-refractivity contribution in [1.82, 2.24) is 15.5 Å². The molecule has 8 nitrogen and oxygen atoms in total. The SMILES string of the molecule is O=C(CCC1NC(=O)N(Cc2ccco2)C1=O)NCCc1ccco1. The highest BCUT2D eigenvalue weighted by Crippen LogP contribution is 2.15. The minimum Gasteiger partial charge on any atom is -0.469 e. The Morgan fingerprint density at radius 2 is 1.88 bits per heavy atom. The first-order chi connectivity index (χ1) is 12.1. The van der Waals surface area contributed by atoms with Crippen molar-refractivity contribution in [2.45, 2.75) is 31.8 Å². The average Bonchev–Trinajstić information content (AvgIpc) is 3.33. The van der Waals surface area contributed by atoms with Crippen LogP contribution in [0.25, 0.3) is 0 Å². The molecule has 4 amide bonds. The molecule has 2 aromatic rings. The summed E-state index contributed by atoms with van der Waals surface area (Å²) in [6.45, 7) is 0.547. The van der Waals surface area contributed by atoms with E-state index in [0.29, 0.717) is 18.7 Å². The van der Waals surface area contributed by atoms with Gasteiger partial charge in [-0.1, -0.05) is 0 Å². The Bertz CT molecular complexity index is 724. The van der Waals surface area contributed by atoms with Crippen molar-refractivity contribution >= 4 is 17.8 Å². The van der Waals surface area contributed by atoms with E-state index in [2.05, 4.69) is 10.6 Å². The fourth-order valence-corrected chi connectivity index (χ4v) is 2.62. The summed E-state index contributed by atoms with van der Waals surface area (Å²) >= 11 is 0. The number of nitrogens with one attached hydrogen (secondary N) is 2. The highest BCUT2D eigenvalue weighted by Gasteiger charge is 2.38. The predicted octanol–water partition coefficient (Wildman–Crippen LogP) is 1.43. The van der Waals surface area contributed by atoms with Crippen LogP contribution in [0.2, 0.25) is 0 Å². The van der Waals surface area contributed by atoms with E-state index in [9.17, 15) is 14.4 Å². The van der Waals surface area contributed by atoms with Crippen LogP contribution in [0.1, 0.15) is 24.4 Å². The Hall–Kier alpha value is -3.03. The molecule has 0 bridgehead atoms. The predicted molar refractivity (Wildman–Crippen MR) is 86.2 cm³/mol. The van der Waals surface area contributed by atoms with Crippen molar-refractivity contribution in [2.24, 2.45) is 0 Å². The lowest BCUT2D eigenvalue weighted by Gasteiger charge is -2.11. The summed E-state index contributed by atoms with van der Waals surface area (Å²) in [5.74, 6) is 0.815. The van der Waals surface area contributed by atoms with Crippen LogP contribution in [-0.2, 0) is 22.6 Å². The fourth-order valence-electron chi connectivity index (χ4n) is 2.62. The first-order valence-corrected chi connectivity index (χ1v) is 8.07. The van der Waals surface area contributed by atoms with E-state index in [1.54, 1.807) is 24.5 Å². The molecule has 2 aromatic heterocycles. The maximum absolute atomic E-state index is 12.3. The standard InChI is InChI=1S/C17H19N3O5/c21-15(18-8-7-12-3-1-9-24-12)6-5-14-16(22)20(17(23)19-14)11-13-4-2-10-25-13/h1-4,9-10,14H,5-8,11H2,(H,18,21)(H,19,23). The average molecular weight is 345 g/mol. The van der Waals surface area contributed by atoms with Crippen LogP contribution in [0.4, 0.5) is 4.79 Å². The van der Waals surface area contributed by atoms with Crippen molar-refractivity contribution in [2.75, 3.05) is 6.54 Å². The zero-order chi connectivity index (χ0) is 17.6. The molecule has 1 saturated heterocycles. The van der Waals surface area contributed by atoms with Crippen LogP contribution in [0.5, 0.6) is 0 Å². The van der Waals surface area contributed by atoms with E-state index in [0.717, 1.165) is 10.7 Å². The number of urea groups is 1. The Kier molecular flexibility index (Phi) is 5.17. The second kappa shape index (κ2) is 7.69. The van der Waals surface area contributed by atoms with Crippen LogP contribution in [0.15, 0.2) is 45.6 Å². The lowest BCUT2D eigenvalue weighted by atomic mass is 10.1. The molecular weight excluding hydrogens is 326 g/mol. The van der Waals surface area contributed by atoms with Gasteiger partial charge in [0.1, 0.15) is 17.6 Å². The number of nitrogens with zero attached hydrogens (tertiary/aromatic N) is 1. The third kappa shape index (κ3) is 4.28. The topological polar surface area (TPSA) is 105 Å².